The van der Waals surface area contributed by atoms with Gasteiger partial charge in [0.1, 0.15) is 10.8 Å². The van der Waals surface area contributed by atoms with Gasteiger partial charge in [0.15, 0.2) is 6.10 Å². The van der Waals surface area contributed by atoms with Gasteiger partial charge in [0, 0.05) is 12.7 Å². The lowest BCUT2D eigenvalue weighted by Gasteiger charge is -2.22. The molecule has 0 aliphatic carbocycles. The van der Waals surface area contributed by atoms with Crippen LogP contribution in [0.25, 0.3) is 0 Å². The third-order valence-electron chi connectivity index (χ3n) is 4.00. The van der Waals surface area contributed by atoms with E-state index in [0.717, 1.165) is 17.7 Å². The van der Waals surface area contributed by atoms with E-state index >= 15 is 0 Å². The van der Waals surface area contributed by atoms with Crippen LogP contribution in [0.1, 0.15) is 19.4 Å². The number of rotatable bonds is 7. The van der Waals surface area contributed by atoms with E-state index in [1.54, 1.807) is 32.2 Å². The normalized spacial score (nSPS) is 11.6. The summed E-state index contributed by atoms with van der Waals surface area (Å²) in [5.41, 5.74) is 1.79. The highest BCUT2D eigenvalue weighted by Crippen LogP contribution is 2.32. The van der Waals surface area contributed by atoms with Crippen LogP contribution in [-0.4, -0.2) is 36.4 Å². The predicted molar refractivity (Wildman–Crippen MR) is 109 cm³/mol. The number of benzene rings is 2. The van der Waals surface area contributed by atoms with Gasteiger partial charge in [-0.2, -0.15) is 0 Å². The molecule has 0 saturated carbocycles. The number of aryl methyl sites for hydroxylation is 1. The number of anilines is 1. The lowest BCUT2D eigenvalue weighted by molar-refractivity contribution is -0.139. The summed E-state index contributed by atoms with van der Waals surface area (Å²) < 4.78 is 5.61. The third kappa shape index (κ3) is 5.62. The van der Waals surface area contributed by atoms with Gasteiger partial charge >= 0.3 is 0 Å². The molecule has 2 aromatic rings. The second-order valence-corrected chi connectivity index (χ2v) is 6.85. The SMILES string of the molecule is CCc1ccccc1NC(=O)CN(C)C(=O)C(C)Oc1cccc(Cl)c1Cl. The molecule has 5 nitrogen and oxygen atoms in total. The number of hydrogen-bond donors (Lipinski definition) is 1. The van der Waals surface area contributed by atoms with Crippen LogP contribution >= 0.6 is 23.2 Å². The van der Waals surface area contributed by atoms with Crippen LogP contribution < -0.4 is 10.1 Å². The fourth-order valence-corrected chi connectivity index (χ4v) is 2.90. The van der Waals surface area contributed by atoms with Crippen molar-refractivity contribution < 1.29 is 14.3 Å². The van der Waals surface area contributed by atoms with Crippen molar-refractivity contribution in [3.8, 4) is 5.75 Å². The van der Waals surface area contributed by atoms with Gasteiger partial charge in [0.25, 0.3) is 5.91 Å². The summed E-state index contributed by atoms with van der Waals surface area (Å²) in [5.74, 6) is -0.301. The molecule has 7 heteroatoms. The molecule has 1 unspecified atom stereocenters. The molecule has 2 amide bonds. The van der Waals surface area contributed by atoms with E-state index < -0.39 is 6.10 Å². The molecular formula is C20H22Cl2N2O3. The van der Waals surface area contributed by atoms with Gasteiger partial charge in [-0.25, -0.2) is 0 Å². The van der Waals surface area contributed by atoms with E-state index in [-0.39, 0.29) is 23.4 Å². The fraction of sp³-hybridized carbons (Fsp3) is 0.300. The van der Waals surface area contributed by atoms with Gasteiger partial charge in [0.05, 0.1) is 11.6 Å². The van der Waals surface area contributed by atoms with Crippen LogP contribution in [0.5, 0.6) is 5.75 Å². The highest BCUT2D eigenvalue weighted by molar-refractivity contribution is 6.42. The highest BCUT2D eigenvalue weighted by atomic mass is 35.5. The van der Waals surface area contributed by atoms with Crippen LogP contribution in [0.3, 0.4) is 0 Å². The minimum Gasteiger partial charge on any atom is -0.479 e. The zero-order valence-electron chi connectivity index (χ0n) is 15.5. The predicted octanol–water partition coefficient (Wildman–Crippen LogP) is 4.42. The average Bonchev–Trinajstić information content (AvgIpc) is 2.65. The Morgan fingerprint density at radius 2 is 1.85 bits per heavy atom. The lowest BCUT2D eigenvalue weighted by Crippen LogP contribution is -2.42. The maximum Gasteiger partial charge on any atom is 0.263 e. The molecule has 1 atom stereocenters. The number of para-hydroxylation sites is 1. The molecule has 0 aliphatic heterocycles. The van der Waals surface area contributed by atoms with Crippen LogP contribution in [0.15, 0.2) is 42.5 Å². The summed E-state index contributed by atoms with van der Waals surface area (Å²) in [5, 5.41) is 3.43. The van der Waals surface area contributed by atoms with Crippen molar-refractivity contribution in [1.82, 2.24) is 4.90 Å². The Bertz CT molecular complexity index is 827. The second kappa shape index (κ2) is 9.62. The molecule has 0 heterocycles. The number of amides is 2. The van der Waals surface area contributed by atoms with Crippen LogP contribution in [-0.2, 0) is 16.0 Å². The van der Waals surface area contributed by atoms with Gasteiger partial charge in [-0.1, -0.05) is 54.4 Å². The van der Waals surface area contributed by atoms with Crippen LogP contribution in [0, 0.1) is 0 Å². The number of carbonyl (C=O) groups excluding carboxylic acids is 2. The maximum atomic E-state index is 12.5. The molecule has 0 radical (unpaired) electrons. The van der Waals surface area contributed by atoms with Crippen molar-refractivity contribution in [3.63, 3.8) is 0 Å². The Hall–Kier alpha value is -2.24. The van der Waals surface area contributed by atoms with Gasteiger partial charge in [-0.15, -0.1) is 0 Å². The minimum atomic E-state index is -0.818. The standard InChI is InChI=1S/C20H22Cl2N2O3/c1-4-14-8-5-6-10-16(14)23-18(25)12-24(3)20(26)13(2)27-17-11-7-9-15(21)19(17)22/h5-11,13H,4,12H2,1-3H3,(H,23,25). The van der Waals surface area contributed by atoms with Crippen molar-refractivity contribution in [2.45, 2.75) is 26.4 Å². The maximum absolute atomic E-state index is 12.5. The number of hydrogen-bond acceptors (Lipinski definition) is 3. The Morgan fingerprint density at radius 1 is 1.15 bits per heavy atom. The van der Waals surface area contributed by atoms with Crippen molar-refractivity contribution in [2.75, 3.05) is 18.9 Å². The smallest absolute Gasteiger partial charge is 0.263 e. The van der Waals surface area contributed by atoms with Crippen LogP contribution in [0.4, 0.5) is 5.69 Å². The van der Waals surface area contributed by atoms with E-state index in [1.807, 2.05) is 31.2 Å². The Labute approximate surface area is 169 Å². The van der Waals surface area contributed by atoms with Crippen molar-refractivity contribution in [3.05, 3.63) is 58.1 Å². The molecule has 2 rings (SSSR count). The average molecular weight is 409 g/mol. The van der Waals surface area contributed by atoms with Crippen LogP contribution in [0.2, 0.25) is 10.0 Å². The molecule has 0 aromatic heterocycles. The molecule has 0 fully saturated rings. The summed E-state index contributed by atoms with van der Waals surface area (Å²) in [7, 11) is 1.55. The molecule has 2 aromatic carbocycles. The largest absolute Gasteiger partial charge is 0.479 e. The fourth-order valence-electron chi connectivity index (χ4n) is 2.56. The number of halogens is 2. The van der Waals surface area contributed by atoms with E-state index in [9.17, 15) is 9.59 Å². The van der Waals surface area contributed by atoms with E-state index in [0.29, 0.717) is 10.8 Å². The number of nitrogens with zero attached hydrogens (tertiary/aromatic N) is 1. The van der Waals surface area contributed by atoms with Crippen molar-refractivity contribution in [1.29, 1.82) is 0 Å². The molecule has 0 spiro atoms. The second-order valence-electron chi connectivity index (χ2n) is 6.07. The third-order valence-corrected chi connectivity index (χ3v) is 4.80. The Morgan fingerprint density at radius 3 is 2.56 bits per heavy atom. The summed E-state index contributed by atoms with van der Waals surface area (Å²) in [4.78, 5) is 26.1. The molecule has 144 valence electrons. The molecule has 0 aliphatic rings. The van der Waals surface area contributed by atoms with Crippen molar-refractivity contribution >= 4 is 40.7 Å². The zero-order valence-corrected chi connectivity index (χ0v) is 17.0. The first-order chi connectivity index (χ1) is 12.8. The van der Waals surface area contributed by atoms with Gasteiger partial charge in [-0.3, -0.25) is 9.59 Å². The van der Waals surface area contributed by atoms with E-state index in [2.05, 4.69) is 5.32 Å². The summed E-state index contributed by atoms with van der Waals surface area (Å²) in [6.07, 6.45) is -0.0158. The van der Waals surface area contributed by atoms with E-state index in [1.165, 1.54) is 4.90 Å². The topological polar surface area (TPSA) is 58.6 Å². The van der Waals surface area contributed by atoms with Gasteiger partial charge in [0.2, 0.25) is 5.91 Å². The first-order valence-corrected chi connectivity index (χ1v) is 9.32. The monoisotopic (exact) mass is 408 g/mol. The van der Waals surface area contributed by atoms with E-state index in [4.69, 9.17) is 27.9 Å². The number of likely N-dealkylation sites (N-methyl/N-ethyl adjacent to an activating group) is 1. The summed E-state index contributed by atoms with van der Waals surface area (Å²) in [6, 6.07) is 12.5. The van der Waals surface area contributed by atoms with Gasteiger partial charge in [-0.05, 0) is 37.1 Å². The Kier molecular flexibility index (Phi) is 7.51. The molecule has 27 heavy (non-hydrogen) atoms. The Balaban J connectivity index is 1.96. The summed E-state index contributed by atoms with van der Waals surface area (Å²) >= 11 is 12.0. The van der Waals surface area contributed by atoms with Crippen molar-refractivity contribution in [2.24, 2.45) is 0 Å². The summed E-state index contributed by atoms with van der Waals surface area (Å²) in [6.45, 7) is 3.52. The number of ether oxygens (including phenoxy) is 1. The zero-order chi connectivity index (χ0) is 20.0. The number of nitrogens with one attached hydrogen (secondary N) is 1. The molecule has 1 N–H and O–H groups in total. The highest BCUT2D eigenvalue weighted by Gasteiger charge is 2.22. The quantitative estimate of drug-likeness (QED) is 0.737. The van der Waals surface area contributed by atoms with Gasteiger partial charge < -0.3 is 15.0 Å². The number of carbonyl (C=O) groups is 2. The first-order valence-electron chi connectivity index (χ1n) is 8.56. The molecular weight excluding hydrogens is 387 g/mol. The first kappa shape index (κ1) is 21.1. The minimum absolute atomic E-state index is 0.0894. The molecule has 0 bridgehead atoms. The molecule has 0 saturated heterocycles. The lowest BCUT2D eigenvalue weighted by atomic mass is 10.1.